The SMILES string of the molecule is CC(=O)O[C@@H]1[C@H]2[C@H]3[C@H]([C@H](C)[C@H](OC(C)=O)[C@]2(C)[C@H]2[C@H](C)[C@@H]4O[C@@]45OC(=O)[C@@](C)(O)[C@]5(C)[C@H]12)[C@]1(C)[C@H](C[C@@H]2O[C@@H]2[C@@H]1OC(C)=O)C(=O)[C@@H]3OC(C)=O. The van der Waals surface area contributed by atoms with Crippen LogP contribution in [0.5, 0.6) is 0 Å². The molecule has 0 aromatic rings. The molecular formula is C37H48O14. The zero-order chi connectivity index (χ0) is 37.3. The van der Waals surface area contributed by atoms with Crippen molar-refractivity contribution in [3.05, 3.63) is 0 Å². The van der Waals surface area contributed by atoms with Crippen LogP contribution >= 0.6 is 0 Å². The van der Waals surface area contributed by atoms with Crippen LogP contribution in [0.4, 0.5) is 0 Å². The van der Waals surface area contributed by atoms with Crippen LogP contribution in [0.25, 0.3) is 0 Å². The van der Waals surface area contributed by atoms with Crippen molar-refractivity contribution in [2.45, 2.75) is 130 Å². The molecule has 3 saturated heterocycles. The molecule has 14 heteroatoms. The maximum absolute atomic E-state index is 15.0. The van der Waals surface area contributed by atoms with E-state index in [1.807, 2.05) is 27.7 Å². The van der Waals surface area contributed by atoms with Gasteiger partial charge in [-0.25, -0.2) is 4.79 Å². The summed E-state index contributed by atoms with van der Waals surface area (Å²) >= 11 is 0. The van der Waals surface area contributed by atoms with Crippen molar-refractivity contribution in [3.8, 4) is 0 Å². The van der Waals surface area contributed by atoms with Crippen LogP contribution in [0.2, 0.25) is 0 Å². The van der Waals surface area contributed by atoms with Crippen LogP contribution in [0.3, 0.4) is 0 Å². The van der Waals surface area contributed by atoms with Crippen LogP contribution < -0.4 is 0 Å². The Balaban J connectivity index is 1.41. The van der Waals surface area contributed by atoms with E-state index in [2.05, 4.69) is 0 Å². The zero-order valence-corrected chi connectivity index (χ0v) is 30.6. The number of esters is 5. The summed E-state index contributed by atoms with van der Waals surface area (Å²) in [5.41, 5.74) is -5.76. The van der Waals surface area contributed by atoms with E-state index in [1.165, 1.54) is 34.6 Å². The number of fused-ring (bicyclic) bond motifs is 9. The average Bonchev–Trinajstić information content (AvgIpc) is 3.91. The molecule has 8 fully saturated rings. The minimum absolute atomic E-state index is 0.323. The average molecular weight is 717 g/mol. The summed E-state index contributed by atoms with van der Waals surface area (Å²) in [5, 5.41) is 12.1. The highest BCUT2D eigenvalue weighted by molar-refractivity contribution is 5.90. The van der Waals surface area contributed by atoms with Gasteiger partial charge in [-0.2, -0.15) is 0 Å². The lowest BCUT2D eigenvalue weighted by Crippen LogP contribution is -2.72. The van der Waals surface area contributed by atoms with Gasteiger partial charge in [0, 0.05) is 62.2 Å². The van der Waals surface area contributed by atoms with Gasteiger partial charge in [0.15, 0.2) is 17.5 Å². The minimum Gasteiger partial charge on any atom is -0.462 e. The first-order valence-corrected chi connectivity index (χ1v) is 18.1. The van der Waals surface area contributed by atoms with Crippen molar-refractivity contribution in [1.82, 2.24) is 0 Å². The molecule has 0 aromatic heterocycles. The third kappa shape index (κ3) is 3.94. The lowest BCUT2D eigenvalue weighted by atomic mass is 9.39. The maximum atomic E-state index is 15.0. The predicted octanol–water partition coefficient (Wildman–Crippen LogP) is 1.90. The summed E-state index contributed by atoms with van der Waals surface area (Å²) in [4.78, 5) is 80.5. The first kappa shape index (κ1) is 35.0. The molecule has 20 atom stereocenters. The molecule has 51 heavy (non-hydrogen) atoms. The van der Waals surface area contributed by atoms with E-state index in [-0.39, 0.29) is 17.8 Å². The fourth-order valence-electron chi connectivity index (χ4n) is 13.7. The number of rotatable bonds is 4. The Morgan fingerprint density at radius 2 is 1.33 bits per heavy atom. The molecule has 1 N–H and O–H groups in total. The van der Waals surface area contributed by atoms with Crippen molar-refractivity contribution in [2.24, 2.45) is 63.6 Å². The Hall–Kier alpha value is -3.10. The van der Waals surface area contributed by atoms with Crippen LogP contribution in [0, 0.1) is 63.6 Å². The summed E-state index contributed by atoms with van der Waals surface area (Å²) in [6.45, 7) is 16.0. The van der Waals surface area contributed by atoms with Crippen LogP contribution in [0.1, 0.15) is 75.7 Å². The molecule has 0 unspecified atom stereocenters. The van der Waals surface area contributed by atoms with E-state index >= 15 is 0 Å². The van der Waals surface area contributed by atoms with Gasteiger partial charge in [-0.15, -0.1) is 0 Å². The molecular weight excluding hydrogens is 668 g/mol. The van der Waals surface area contributed by atoms with Crippen LogP contribution in [-0.2, 0) is 61.9 Å². The molecule has 280 valence electrons. The van der Waals surface area contributed by atoms with Crippen LogP contribution in [-0.4, -0.2) is 94.9 Å². The first-order chi connectivity index (χ1) is 23.6. The van der Waals surface area contributed by atoms with E-state index in [1.54, 1.807) is 6.92 Å². The second-order valence-electron chi connectivity index (χ2n) is 17.5. The Bertz CT molecular complexity index is 1660. The van der Waals surface area contributed by atoms with Gasteiger partial charge in [0.05, 0.1) is 11.5 Å². The number of aliphatic hydroxyl groups is 1. The van der Waals surface area contributed by atoms with Crippen molar-refractivity contribution >= 4 is 35.6 Å². The number of carbonyl (C=O) groups excluding carboxylic acids is 6. The van der Waals surface area contributed by atoms with Crippen molar-refractivity contribution in [2.75, 3.05) is 0 Å². The Morgan fingerprint density at radius 1 is 0.745 bits per heavy atom. The highest BCUT2D eigenvalue weighted by Gasteiger charge is 2.93. The second kappa shape index (κ2) is 10.3. The molecule has 3 aliphatic heterocycles. The Labute approximate surface area is 295 Å². The molecule has 8 rings (SSSR count). The Kier molecular flexibility index (Phi) is 7.07. The second-order valence-corrected chi connectivity index (χ2v) is 17.5. The van der Waals surface area contributed by atoms with Gasteiger partial charge in [-0.3, -0.25) is 24.0 Å². The standard InChI is InChI=1S/C37H48O14/c1-12-21-20(27(45-14(3)38)25(42)18-11-19-26(49-19)31(33(18,21)7)48-17(6)41)23-28(46-15(4)39)24-22(34(23,8)29(12)47-16(5)40)13(2)30-37(50-30)35(24,9)36(10,44)32(43)51-37/h12-13,18-24,26-31,44H,11H2,1-10H3/t12-,13-,18+,19-,20+,21-,22-,23+,24-,26-,27+,28+,29-,30-,31-,33-,34+,35-,36+,37+/m0/s1. The molecule has 0 amide bonds. The predicted molar refractivity (Wildman–Crippen MR) is 168 cm³/mol. The smallest absolute Gasteiger partial charge is 0.341 e. The Morgan fingerprint density at radius 3 is 1.92 bits per heavy atom. The first-order valence-electron chi connectivity index (χ1n) is 18.1. The van der Waals surface area contributed by atoms with Gasteiger partial charge in [-0.1, -0.05) is 27.7 Å². The molecule has 0 radical (unpaired) electrons. The summed E-state index contributed by atoms with van der Waals surface area (Å²) in [6, 6.07) is 0. The number of ether oxygens (including phenoxy) is 7. The molecule has 5 aliphatic carbocycles. The van der Waals surface area contributed by atoms with E-state index in [9.17, 15) is 33.9 Å². The maximum Gasteiger partial charge on any atom is 0.341 e. The third-order valence-corrected chi connectivity index (χ3v) is 15.3. The van der Waals surface area contributed by atoms with Crippen molar-refractivity contribution < 1.29 is 67.0 Å². The summed E-state index contributed by atoms with van der Waals surface area (Å²) in [7, 11) is 0. The van der Waals surface area contributed by atoms with E-state index < -0.39 is 136 Å². The number of hydrogen-bond donors (Lipinski definition) is 1. The van der Waals surface area contributed by atoms with E-state index in [4.69, 9.17) is 33.2 Å². The minimum atomic E-state index is -2.09. The highest BCUT2D eigenvalue weighted by atomic mass is 16.8. The van der Waals surface area contributed by atoms with E-state index in [0.29, 0.717) is 6.42 Å². The topological polar surface area (TPSA) is 194 Å². The lowest BCUT2D eigenvalue weighted by Gasteiger charge is -2.65. The summed E-state index contributed by atoms with van der Waals surface area (Å²) < 4.78 is 43.1. The largest absolute Gasteiger partial charge is 0.462 e. The fourth-order valence-corrected chi connectivity index (χ4v) is 13.7. The normalized spacial score (nSPS) is 56.6. The fraction of sp³-hybridized carbons (Fsp3) is 0.838. The van der Waals surface area contributed by atoms with Gasteiger partial charge < -0.3 is 38.3 Å². The summed E-state index contributed by atoms with van der Waals surface area (Å²) in [5.74, 6) is -10.4. The van der Waals surface area contributed by atoms with Crippen LogP contribution in [0.15, 0.2) is 0 Å². The van der Waals surface area contributed by atoms with Gasteiger partial charge in [0.1, 0.15) is 30.5 Å². The van der Waals surface area contributed by atoms with Gasteiger partial charge in [-0.05, 0) is 43.9 Å². The van der Waals surface area contributed by atoms with Crippen molar-refractivity contribution in [3.63, 3.8) is 0 Å². The molecule has 3 heterocycles. The van der Waals surface area contributed by atoms with Gasteiger partial charge in [0.2, 0.25) is 5.79 Å². The number of epoxide rings is 2. The molecule has 0 aromatic carbocycles. The molecule has 8 aliphatic rings. The third-order valence-electron chi connectivity index (χ3n) is 15.3. The highest BCUT2D eigenvalue weighted by Crippen LogP contribution is 2.81. The number of Topliss-reactive ketones (excluding diaryl/α,β-unsaturated/α-hetero) is 1. The summed E-state index contributed by atoms with van der Waals surface area (Å²) in [6.07, 6.45) is -5.21. The lowest BCUT2D eigenvalue weighted by molar-refractivity contribution is -0.255. The monoisotopic (exact) mass is 716 g/mol. The quantitative estimate of drug-likeness (QED) is 0.252. The number of carbonyl (C=O) groups is 6. The van der Waals surface area contributed by atoms with Crippen molar-refractivity contribution in [1.29, 1.82) is 0 Å². The van der Waals surface area contributed by atoms with Gasteiger partial charge >= 0.3 is 29.8 Å². The molecule has 5 saturated carbocycles. The number of ketones is 1. The van der Waals surface area contributed by atoms with E-state index in [0.717, 1.165) is 0 Å². The molecule has 1 spiro atoms. The van der Waals surface area contributed by atoms with Gasteiger partial charge in [0.25, 0.3) is 0 Å². The molecule has 14 nitrogen and oxygen atoms in total. The molecule has 0 bridgehead atoms. The zero-order valence-electron chi connectivity index (χ0n) is 30.6. The number of hydrogen-bond acceptors (Lipinski definition) is 14.